The Kier molecular flexibility index (Phi) is 4.25. The Morgan fingerprint density at radius 1 is 1.07 bits per heavy atom. The summed E-state index contributed by atoms with van der Waals surface area (Å²) in [5.74, 6) is -0.832. The molecule has 0 radical (unpaired) electrons. The van der Waals surface area contributed by atoms with E-state index in [9.17, 15) is 14.0 Å². The number of carbonyl (C=O) groups excluding carboxylic acids is 1. The van der Waals surface area contributed by atoms with Crippen molar-refractivity contribution >= 4 is 16.9 Å². The van der Waals surface area contributed by atoms with E-state index in [-0.39, 0.29) is 29.1 Å². The third kappa shape index (κ3) is 3.35. The van der Waals surface area contributed by atoms with Gasteiger partial charge in [0.25, 0.3) is 5.91 Å². The van der Waals surface area contributed by atoms with Crippen LogP contribution in [0.4, 0.5) is 4.39 Å². The smallest absolute Gasteiger partial charge is 0.287 e. The molecule has 0 atom stereocenters. The fourth-order valence-electron chi connectivity index (χ4n) is 2.66. The number of carbonyl (C=O) groups is 1. The van der Waals surface area contributed by atoms with Crippen LogP contribution >= 0.6 is 0 Å². The molecule has 0 fully saturated rings. The van der Waals surface area contributed by atoms with Crippen LogP contribution in [0.2, 0.25) is 0 Å². The van der Waals surface area contributed by atoms with E-state index in [2.05, 4.69) is 10.5 Å². The van der Waals surface area contributed by atoms with Crippen molar-refractivity contribution in [3.05, 3.63) is 88.2 Å². The van der Waals surface area contributed by atoms with Gasteiger partial charge in [0.1, 0.15) is 17.1 Å². The highest BCUT2D eigenvalue weighted by Crippen LogP contribution is 2.23. The van der Waals surface area contributed by atoms with Crippen molar-refractivity contribution in [2.75, 3.05) is 0 Å². The largest absolute Gasteiger partial charge is 0.451 e. The predicted octanol–water partition coefficient (Wildman–Crippen LogP) is 3.52. The summed E-state index contributed by atoms with van der Waals surface area (Å²) in [7, 11) is 0. The lowest BCUT2D eigenvalue weighted by Gasteiger charge is -2.03. The zero-order valence-corrected chi connectivity index (χ0v) is 13.9. The van der Waals surface area contributed by atoms with Gasteiger partial charge in [-0.2, -0.15) is 0 Å². The molecule has 0 aliphatic carbocycles. The molecule has 7 heteroatoms. The van der Waals surface area contributed by atoms with Gasteiger partial charge in [0.15, 0.2) is 16.9 Å². The molecule has 0 aliphatic rings. The van der Waals surface area contributed by atoms with Gasteiger partial charge in [-0.25, -0.2) is 4.39 Å². The molecule has 1 N–H and O–H groups in total. The van der Waals surface area contributed by atoms with Crippen LogP contribution in [0, 0.1) is 5.82 Å². The average molecular weight is 364 g/mol. The molecule has 0 unspecified atom stereocenters. The molecule has 0 saturated carbocycles. The van der Waals surface area contributed by atoms with E-state index in [0.717, 1.165) is 6.07 Å². The van der Waals surface area contributed by atoms with Crippen LogP contribution in [0.25, 0.3) is 22.3 Å². The number of aromatic nitrogens is 1. The third-order valence-corrected chi connectivity index (χ3v) is 3.99. The molecule has 2 aromatic heterocycles. The lowest BCUT2D eigenvalue weighted by Crippen LogP contribution is -2.24. The fourth-order valence-corrected chi connectivity index (χ4v) is 2.66. The maximum atomic E-state index is 13.8. The predicted molar refractivity (Wildman–Crippen MR) is 95.6 cm³/mol. The second-order valence-electron chi connectivity index (χ2n) is 5.82. The van der Waals surface area contributed by atoms with E-state index in [1.807, 2.05) is 0 Å². The van der Waals surface area contributed by atoms with Crippen molar-refractivity contribution in [3.8, 4) is 11.3 Å². The van der Waals surface area contributed by atoms with E-state index >= 15 is 0 Å². The maximum absolute atomic E-state index is 13.8. The molecule has 2 aromatic carbocycles. The summed E-state index contributed by atoms with van der Waals surface area (Å²) in [5.41, 5.74) is 0.719. The van der Waals surface area contributed by atoms with Crippen molar-refractivity contribution in [1.29, 1.82) is 0 Å². The highest BCUT2D eigenvalue weighted by atomic mass is 19.1. The SMILES string of the molecule is O=C(NCc1cc(-c2ccccc2F)on1)c1cc(=O)c2ccccc2o1. The number of para-hydroxylation sites is 1. The minimum Gasteiger partial charge on any atom is -0.451 e. The summed E-state index contributed by atoms with van der Waals surface area (Å²) < 4.78 is 24.4. The van der Waals surface area contributed by atoms with E-state index in [0.29, 0.717) is 16.7 Å². The summed E-state index contributed by atoms with van der Waals surface area (Å²) in [6, 6.07) is 15.5. The van der Waals surface area contributed by atoms with Gasteiger partial charge in [0, 0.05) is 12.1 Å². The molecule has 1 amide bonds. The van der Waals surface area contributed by atoms with Crippen molar-refractivity contribution in [1.82, 2.24) is 10.5 Å². The van der Waals surface area contributed by atoms with Gasteiger partial charge >= 0.3 is 0 Å². The van der Waals surface area contributed by atoms with Crippen LogP contribution in [-0.2, 0) is 6.54 Å². The zero-order chi connectivity index (χ0) is 18.8. The second-order valence-corrected chi connectivity index (χ2v) is 5.82. The average Bonchev–Trinajstić information content (AvgIpc) is 3.15. The van der Waals surface area contributed by atoms with E-state index in [1.54, 1.807) is 42.5 Å². The molecule has 6 nitrogen and oxygen atoms in total. The van der Waals surface area contributed by atoms with Crippen LogP contribution in [0.1, 0.15) is 16.2 Å². The number of nitrogens with zero attached hydrogens (tertiary/aromatic N) is 1. The molecule has 4 rings (SSSR count). The fraction of sp³-hybridized carbons (Fsp3) is 0.0500. The van der Waals surface area contributed by atoms with Crippen LogP contribution in [0.5, 0.6) is 0 Å². The molecule has 27 heavy (non-hydrogen) atoms. The van der Waals surface area contributed by atoms with Crippen LogP contribution in [0.3, 0.4) is 0 Å². The Balaban J connectivity index is 1.50. The summed E-state index contributed by atoms with van der Waals surface area (Å²) in [5, 5.41) is 6.82. The van der Waals surface area contributed by atoms with E-state index < -0.39 is 11.7 Å². The molecule has 4 aromatic rings. The quantitative estimate of drug-likeness (QED) is 0.599. The van der Waals surface area contributed by atoms with Gasteiger partial charge in [-0.05, 0) is 24.3 Å². The minimum atomic E-state index is -0.562. The summed E-state index contributed by atoms with van der Waals surface area (Å²) in [6.45, 7) is 0.0350. The molecular formula is C20H13FN2O4. The third-order valence-electron chi connectivity index (χ3n) is 3.99. The first-order valence-corrected chi connectivity index (χ1v) is 8.13. The monoisotopic (exact) mass is 364 g/mol. The molecule has 0 spiro atoms. The van der Waals surface area contributed by atoms with Crippen molar-refractivity contribution in [2.24, 2.45) is 0 Å². The van der Waals surface area contributed by atoms with Gasteiger partial charge < -0.3 is 14.3 Å². The van der Waals surface area contributed by atoms with Gasteiger partial charge in [0.05, 0.1) is 17.5 Å². The van der Waals surface area contributed by atoms with Crippen LogP contribution in [-0.4, -0.2) is 11.1 Å². The number of fused-ring (bicyclic) bond motifs is 1. The Labute approximate surface area is 152 Å². The van der Waals surface area contributed by atoms with Gasteiger partial charge in [-0.3, -0.25) is 9.59 Å². The summed E-state index contributed by atoms with van der Waals surface area (Å²) in [6.07, 6.45) is 0. The van der Waals surface area contributed by atoms with Gasteiger partial charge in [-0.1, -0.05) is 29.4 Å². The molecule has 0 bridgehead atoms. The van der Waals surface area contributed by atoms with Crippen molar-refractivity contribution in [3.63, 3.8) is 0 Å². The summed E-state index contributed by atoms with van der Waals surface area (Å²) >= 11 is 0. The number of hydrogen-bond donors (Lipinski definition) is 1. The molecule has 0 saturated heterocycles. The first kappa shape index (κ1) is 16.7. The van der Waals surface area contributed by atoms with Gasteiger partial charge in [0.2, 0.25) is 0 Å². The number of benzene rings is 2. The molecule has 134 valence electrons. The topological polar surface area (TPSA) is 85.3 Å². The second kappa shape index (κ2) is 6.87. The first-order chi connectivity index (χ1) is 13.1. The number of rotatable bonds is 4. The number of amides is 1. The lowest BCUT2D eigenvalue weighted by atomic mass is 10.1. The van der Waals surface area contributed by atoms with Gasteiger partial charge in [-0.15, -0.1) is 0 Å². The van der Waals surface area contributed by atoms with Crippen LogP contribution in [0.15, 0.2) is 74.4 Å². The van der Waals surface area contributed by atoms with Crippen molar-refractivity contribution < 1.29 is 18.1 Å². The van der Waals surface area contributed by atoms with E-state index in [4.69, 9.17) is 8.94 Å². The maximum Gasteiger partial charge on any atom is 0.287 e. The minimum absolute atomic E-state index is 0.0350. The summed E-state index contributed by atoms with van der Waals surface area (Å²) in [4.78, 5) is 24.4. The highest BCUT2D eigenvalue weighted by Gasteiger charge is 2.14. The first-order valence-electron chi connectivity index (χ1n) is 8.13. The number of hydrogen-bond acceptors (Lipinski definition) is 5. The van der Waals surface area contributed by atoms with Crippen LogP contribution < -0.4 is 10.7 Å². The van der Waals surface area contributed by atoms with Crippen molar-refractivity contribution in [2.45, 2.75) is 6.54 Å². The van der Waals surface area contributed by atoms with E-state index in [1.165, 1.54) is 12.1 Å². The standard InChI is InChI=1S/C20H13FN2O4/c21-15-7-3-1-5-13(15)18-9-12(23-27-18)11-22-20(25)19-10-16(24)14-6-2-4-8-17(14)26-19/h1-10H,11H2,(H,22,25). The Morgan fingerprint density at radius 3 is 2.70 bits per heavy atom. The Hall–Kier alpha value is -3.74. The normalized spacial score (nSPS) is 10.9. The molecular weight excluding hydrogens is 351 g/mol. The Bertz CT molecular complexity index is 1200. The highest BCUT2D eigenvalue weighted by molar-refractivity contribution is 5.93. The zero-order valence-electron chi connectivity index (χ0n) is 13.9. The Morgan fingerprint density at radius 2 is 1.85 bits per heavy atom. The molecule has 0 aliphatic heterocycles. The molecule has 2 heterocycles. The number of halogens is 1. The lowest BCUT2D eigenvalue weighted by molar-refractivity contribution is 0.0923. The number of nitrogens with one attached hydrogen (secondary N) is 1.